The first kappa shape index (κ1) is 21.5. The summed E-state index contributed by atoms with van der Waals surface area (Å²) in [4.78, 5) is 27.3. The van der Waals surface area contributed by atoms with Crippen LogP contribution >= 0.6 is 0 Å². The van der Waals surface area contributed by atoms with Crippen molar-refractivity contribution in [3.8, 4) is 22.4 Å². The van der Waals surface area contributed by atoms with Gasteiger partial charge < -0.3 is 4.98 Å². The molecule has 0 radical (unpaired) electrons. The van der Waals surface area contributed by atoms with Crippen LogP contribution in [0, 0.1) is 10.1 Å². The summed E-state index contributed by atoms with van der Waals surface area (Å²) in [5, 5.41) is 18.0. The summed E-state index contributed by atoms with van der Waals surface area (Å²) in [7, 11) is 0. The molecule has 6 rings (SSSR count). The summed E-state index contributed by atoms with van der Waals surface area (Å²) < 4.78 is 1.41. The van der Waals surface area contributed by atoms with Gasteiger partial charge in [-0.2, -0.15) is 9.61 Å². The van der Waals surface area contributed by atoms with Gasteiger partial charge in [-0.3, -0.25) is 14.9 Å². The van der Waals surface area contributed by atoms with E-state index in [0.717, 1.165) is 33.2 Å². The fourth-order valence-electron chi connectivity index (χ4n) is 4.64. The van der Waals surface area contributed by atoms with E-state index in [2.05, 4.69) is 23.2 Å². The van der Waals surface area contributed by atoms with Gasteiger partial charge in [-0.05, 0) is 39.6 Å². The van der Waals surface area contributed by atoms with Crippen molar-refractivity contribution >= 4 is 22.1 Å². The van der Waals surface area contributed by atoms with Crippen LogP contribution in [0.15, 0.2) is 108 Å². The van der Waals surface area contributed by atoms with Crippen LogP contribution in [-0.4, -0.2) is 19.5 Å². The molecule has 174 valence electrons. The first-order valence-corrected chi connectivity index (χ1v) is 11.5. The van der Waals surface area contributed by atoms with Gasteiger partial charge in [0.25, 0.3) is 11.2 Å². The highest BCUT2D eigenvalue weighted by molar-refractivity contribution is 6.00. The molecule has 0 fully saturated rings. The normalized spacial score (nSPS) is 11.2. The first-order chi connectivity index (χ1) is 17.6. The average molecular weight is 473 g/mol. The summed E-state index contributed by atoms with van der Waals surface area (Å²) in [5.74, 6) is 0. The third kappa shape index (κ3) is 3.73. The van der Waals surface area contributed by atoms with Crippen molar-refractivity contribution in [2.75, 3.05) is 0 Å². The van der Waals surface area contributed by atoms with Gasteiger partial charge >= 0.3 is 0 Å². The number of hydrogen-bond donors (Lipinski definition) is 1. The minimum Gasteiger partial charge on any atom is -0.339 e. The van der Waals surface area contributed by atoms with E-state index in [9.17, 15) is 14.9 Å². The molecule has 2 aromatic heterocycles. The lowest BCUT2D eigenvalue weighted by atomic mass is 9.96. The Balaban J connectivity index is 1.62. The summed E-state index contributed by atoms with van der Waals surface area (Å²) in [6.45, 7) is 0. The molecule has 0 saturated carbocycles. The number of non-ortho nitro benzene ring substituents is 1. The number of nitro benzene ring substituents is 1. The smallest absolute Gasteiger partial charge is 0.274 e. The fraction of sp³-hybridized carbons (Fsp3) is 0.0345. The maximum Gasteiger partial charge on any atom is 0.274 e. The second kappa shape index (κ2) is 8.63. The summed E-state index contributed by atoms with van der Waals surface area (Å²) in [5.41, 5.74) is 5.24. The standard InChI is InChI=1S/C29H20N4O3/c34-27-18-25(21-13-15-22(16-14-21)33(35)36)30-29-28(24-12-6-10-20-9-4-5-11-23(20)24)26(31-32(27)29)17-19-7-2-1-3-8-19/h1-16,18,30H,17H2. The summed E-state index contributed by atoms with van der Waals surface area (Å²) in [6, 6.07) is 31.9. The molecule has 0 aliphatic carbocycles. The molecule has 1 N–H and O–H groups in total. The maximum atomic E-state index is 13.2. The number of H-pyrrole nitrogens is 1. The van der Waals surface area contributed by atoms with Gasteiger partial charge in [0.1, 0.15) is 5.65 Å². The van der Waals surface area contributed by atoms with Crippen LogP contribution in [0.25, 0.3) is 38.8 Å². The molecular formula is C29H20N4O3. The number of nitrogens with one attached hydrogen (secondary N) is 1. The Morgan fingerprint density at radius 2 is 1.58 bits per heavy atom. The van der Waals surface area contributed by atoms with Crippen LogP contribution in [0.4, 0.5) is 5.69 Å². The van der Waals surface area contributed by atoms with Crippen LogP contribution in [0.1, 0.15) is 11.3 Å². The molecule has 0 amide bonds. The van der Waals surface area contributed by atoms with E-state index in [1.807, 2.05) is 54.6 Å². The molecule has 4 aromatic carbocycles. The largest absolute Gasteiger partial charge is 0.339 e. The number of nitro groups is 1. The topological polar surface area (TPSA) is 93.3 Å². The quantitative estimate of drug-likeness (QED) is 0.246. The van der Waals surface area contributed by atoms with Crippen LogP contribution in [0.5, 0.6) is 0 Å². The van der Waals surface area contributed by atoms with Gasteiger partial charge in [0.15, 0.2) is 0 Å². The Morgan fingerprint density at radius 3 is 2.36 bits per heavy atom. The third-order valence-electron chi connectivity index (χ3n) is 6.35. The van der Waals surface area contributed by atoms with Crippen molar-refractivity contribution < 1.29 is 4.92 Å². The third-order valence-corrected chi connectivity index (χ3v) is 6.35. The van der Waals surface area contributed by atoms with Gasteiger partial charge in [-0.1, -0.05) is 72.8 Å². The molecule has 0 unspecified atom stereocenters. The molecule has 0 bridgehead atoms. The minimum absolute atomic E-state index is 0.00637. The number of fused-ring (bicyclic) bond motifs is 2. The van der Waals surface area contributed by atoms with Crippen molar-refractivity contribution in [3.05, 3.63) is 135 Å². The van der Waals surface area contributed by atoms with Crippen LogP contribution < -0.4 is 5.56 Å². The van der Waals surface area contributed by atoms with E-state index in [1.165, 1.54) is 22.7 Å². The highest BCUT2D eigenvalue weighted by Gasteiger charge is 2.20. The maximum absolute atomic E-state index is 13.2. The second-order valence-corrected chi connectivity index (χ2v) is 8.60. The Labute approximate surface area is 205 Å². The van der Waals surface area contributed by atoms with Crippen molar-refractivity contribution in [2.45, 2.75) is 6.42 Å². The zero-order valence-electron chi connectivity index (χ0n) is 19.1. The highest BCUT2D eigenvalue weighted by atomic mass is 16.6. The molecule has 0 saturated heterocycles. The lowest BCUT2D eigenvalue weighted by molar-refractivity contribution is -0.384. The van der Waals surface area contributed by atoms with E-state index in [1.54, 1.807) is 12.1 Å². The van der Waals surface area contributed by atoms with Gasteiger partial charge in [0, 0.05) is 30.2 Å². The lowest BCUT2D eigenvalue weighted by Crippen LogP contribution is -2.14. The Kier molecular flexibility index (Phi) is 5.15. The fourth-order valence-corrected chi connectivity index (χ4v) is 4.64. The summed E-state index contributed by atoms with van der Waals surface area (Å²) >= 11 is 0. The Bertz CT molecular complexity index is 1800. The van der Waals surface area contributed by atoms with E-state index in [-0.39, 0.29) is 11.2 Å². The molecule has 7 nitrogen and oxygen atoms in total. The molecule has 0 aliphatic heterocycles. The van der Waals surface area contributed by atoms with Crippen molar-refractivity contribution in [1.82, 2.24) is 14.6 Å². The number of benzene rings is 4. The zero-order valence-corrected chi connectivity index (χ0v) is 19.1. The van der Waals surface area contributed by atoms with Crippen molar-refractivity contribution in [1.29, 1.82) is 0 Å². The molecule has 0 spiro atoms. The Hall–Kier alpha value is -5.04. The Morgan fingerprint density at radius 1 is 0.861 bits per heavy atom. The number of rotatable bonds is 5. The number of aromatic nitrogens is 3. The van der Waals surface area contributed by atoms with Gasteiger partial charge in [-0.25, -0.2) is 0 Å². The summed E-state index contributed by atoms with van der Waals surface area (Å²) in [6.07, 6.45) is 0.557. The predicted octanol–water partition coefficient (Wildman–Crippen LogP) is 6.01. The van der Waals surface area contributed by atoms with Crippen molar-refractivity contribution in [3.63, 3.8) is 0 Å². The van der Waals surface area contributed by atoms with Gasteiger partial charge in [0.05, 0.1) is 16.3 Å². The molecule has 36 heavy (non-hydrogen) atoms. The van der Waals surface area contributed by atoms with Gasteiger partial charge in [0.2, 0.25) is 0 Å². The van der Waals surface area contributed by atoms with Crippen LogP contribution in [-0.2, 0) is 6.42 Å². The van der Waals surface area contributed by atoms with Gasteiger partial charge in [-0.15, -0.1) is 0 Å². The number of aromatic amines is 1. The SMILES string of the molecule is O=c1cc(-c2ccc([N+](=O)[O-])cc2)[nH]c2c(-c3cccc4ccccc34)c(Cc3ccccc3)nn12. The molecule has 0 aliphatic rings. The molecule has 6 aromatic rings. The first-order valence-electron chi connectivity index (χ1n) is 11.5. The lowest BCUT2D eigenvalue weighted by Gasteiger charge is -2.09. The van der Waals surface area contributed by atoms with Crippen LogP contribution in [0.2, 0.25) is 0 Å². The second-order valence-electron chi connectivity index (χ2n) is 8.60. The van der Waals surface area contributed by atoms with Crippen LogP contribution in [0.3, 0.4) is 0 Å². The minimum atomic E-state index is -0.443. The highest BCUT2D eigenvalue weighted by Crippen LogP contribution is 2.35. The van der Waals surface area contributed by atoms with E-state index >= 15 is 0 Å². The average Bonchev–Trinajstić information content (AvgIpc) is 3.27. The molecule has 2 heterocycles. The molecule has 7 heteroatoms. The predicted molar refractivity (Wildman–Crippen MR) is 140 cm³/mol. The van der Waals surface area contributed by atoms with E-state index < -0.39 is 4.92 Å². The van der Waals surface area contributed by atoms with E-state index in [0.29, 0.717) is 23.3 Å². The molecular weight excluding hydrogens is 452 g/mol. The molecule has 0 atom stereocenters. The van der Waals surface area contributed by atoms with E-state index in [4.69, 9.17) is 5.10 Å². The number of nitrogens with zero attached hydrogens (tertiary/aromatic N) is 3. The zero-order chi connectivity index (χ0) is 24.6. The van der Waals surface area contributed by atoms with Crippen molar-refractivity contribution in [2.24, 2.45) is 0 Å². The monoisotopic (exact) mass is 472 g/mol. The number of hydrogen-bond acceptors (Lipinski definition) is 4.